The molecule has 10 nitrogen and oxygen atoms in total. The average Bonchev–Trinajstić information content (AvgIpc) is 3.45. The van der Waals surface area contributed by atoms with E-state index in [9.17, 15) is 9.59 Å². The number of carbonyl (C=O) groups is 2. The molecule has 0 unspecified atom stereocenters. The molecular weight excluding hydrogens is 412 g/mol. The number of hydrogen-bond acceptors (Lipinski definition) is 7. The van der Waals surface area contributed by atoms with E-state index in [1.165, 1.54) is 0 Å². The molecule has 2 aromatic heterocycles. The van der Waals surface area contributed by atoms with Crippen molar-refractivity contribution in [2.75, 3.05) is 6.54 Å². The largest absolute Gasteiger partial charge is 0.443 e. The van der Waals surface area contributed by atoms with Gasteiger partial charge in [0.1, 0.15) is 12.3 Å². The van der Waals surface area contributed by atoms with Crippen LogP contribution in [0.4, 0.5) is 4.79 Å². The molecule has 0 saturated heterocycles. The zero-order chi connectivity index (χ0) is 22.3. The minimum Gasteiger partial charge on any atom is -0.443 e. The zero-order valence-electron chi connectivity index (χ0n) is 17.9. The highest BCUT2D eigenvalue weighted by Gasteiger charge is 2.33. The van der Waals surface area contributed by atoms with Crippen LogP contribution in [0.15, 0.2) is 47.1 Å². The highest BCUT2D eigenvalue weighted by atomic mass is 16.5. The summed E-state index contributed by atoms with van der Waals surface area (Å²) < 4.78 is 12.2. The number of hydrogen-bond donors (Lipinski definition) is 2. The van der Waals surface area contributed by atoms with Gasteiger partial charge in [0.25, 0.3) is 5.91 Å². The van der Waals surface area contributed by atoms with Crippen molar-refractivity contribution in [2.24, 2.45) is 0 Å². The van der Waals surface area contributed by atoms with Gasteiger partial charge in [-0.2, -0.15) is 0 Å². The minimum absolute atomic E-state index is 0.0256. The van der Waals surface area contributed by atoms with Crippen LogP contribution in [0.5, 0.6) is 0 Å². The first-order valence-corrected chi connectivity index (χ1v) is 10.8. The molecule has 0 bridgehead atoms. The summed E-state index contributed by atoms with van der Waals surface area (Å²) in [4.78, 5) is 24.1. The van der Waals surface area contributed by atoms with Gasteiger partial charge in [0.05, 0.1) is 12.2 Å². The Morgan fingerprint density at radius 1 is 1.25 bits per heavy atom. The predicted molar refractivity (Wildman–Crippen MR) is 115 cm³/mol. The first-order valence-electron chi connectivity index (χ1n) is 10.8. The lowest BCUT2D eigenvalue weighted by Gasteiger charge is -2.35. The van der Waals surface area contributed by atoms with E-state index in [1.807, 2.05) is 30.3 Å². The Bertz CT molecular complexity index is 1040. The highest BCUT2D eigenvalue weighted by Crippen LogP contribution is 2.32. The van der Waals surface area contributed by atoms with E-state index in [4.69, 9.17) is 9.26 Å². The number of alkyl carbamates (subject to hydrolysis) is 1. The van der Waals surface area contributed by atoms with Gasteiger partial charge in [0, 0.05) is 24.2 Å². The van der Waals surface area contributed by atoms with Crippen molar-refractivity contribution in [3.63, 3.8) is 0 Å². The van der Waals surface area contributed by atoms with E-state index >= 15 is 0 Å². The Morgan fingerprint density at radius 2 is 2.06 bits per heavy atom. The van der Waals surface area contributed by atoms with Crippen molar-refractivity contribution in [2.45, 2.75) is 51.3 Å². The number of nitrogens with zero attached hydrogens (tertiary/aromatic N) is 4. The van der Waals surface area contributed by atoms with Crippen molar-refractivity contribution in [1.29, 1.82) is 0 Å². The molecule has 1 aliphatic carbocycles. The fraction of sp³-hybridized carbons (Fsp3) is 0.409. The SMILES string of the molecule is CCCCNC(=O)OCc1cn([C@H]2C[C@@H](NC(=O)c3cc(-c4ccccc4)on3)C2)nn1. The van der Waals surface area contributed by atoms with Gasteiger partial charge in [-0.3, -0.25) is 4.79 Å². The van der Waals surface area contributed by atoms with Gasteiger partial charge in [0.2, 0.25) is 0 Å². The first-order chi connectivity index (χ1) is 15.6. The van der Waals surface area contributed by atoms with Crippen LogP contribution in [0.2, 0.25) is 0 Å². The third-order valence-corrected chi connectivity index (χ3v) is 5.33. The van der Waals surface area contributed by atoms with Crippen LogP contribution in [-0.2, 0) is 11.3 Å². The average molecular weight is 438 g/mol. The van der Waals surface area contributed by atoms with Crippen LogP contribution in [0, 0.1) is 0 Å². The van der Waals surface area contributed by atoms with Crippen molar-refractivity contribution < 1.29 is 18.8 Å². The molecule has 168 valence electrons. The maximum Gasteiger partial charge on any atom is 0.407 e. The molecule has 1 fully saturated rings. The molecule has 4 rings (SSSR count). The number of aromatic nitrogens is 4. The number of amides is 2. The van der Waals surface area contributed by atoms with E-state index in [1.54, 1.807) is 16.9 Å². The van der Waals surface area contributed by atoms with Crippen LogP contribution in [0.25, 0.3) is 11.3 Å². The van der Waals surface area contributed by atoms with Gasteiger partial charge in [-0.1, -0.05) is 54.0 Å². The summed E-state index contributed by atoms with van der Waals surface area (Å²) in [7, 11) is 0. The highest BCUT2D eigenvalue weighted by molar-refractivity contribution is 5.93. The summed E-state index contributed by atoms with van der Waals surface area (Å²) in [6.45, 7) is 2.72. The standard InChI is InChI=1S/C22H26N6O4/c1-2-3-9-23-22(30)31-14-17-13-28(27-25-17)18-10-16(11-18)24-21(29)19-12-20(32-26-19)15-7-5-4-6-8-15/h4-8,12-13,16,18H,2-3,9-11,14H2,1H3,(H,23,30)(H,24,29)/t16-,18+. The molecular formula is C22H26N6O4. The van der Waals surface area contributed by atoms with Gasteiger partial charge < -0.3 is 19.9 Å². The van der Waals surface area contributed by atoms with Crippen molar-refractivity contribution in [3.05, 3.63) is 54.0 Å². The molecule has 10 heteroatoms. The van der Waals surface area contributed by atoms with Crippen LogP contribution < -0.4 is 10.6 Å². The first kappa shape index (κ1) is 21.5. The number of nitrogens with one attached hydrogen (secondary N) is 2. The maximum absolute atomic E-state index is 12.5. The Hall–Kier alpha value is -3.69. The second-order valence-corrected chi connectivity index (χ2v) is 7.78. The third kappa shape index (κ3) is 5.32. The van der Waals surface area contributed by atoms with Gasteiger partial charge in [-0.15, -0.1) is 5.10 Å². The quantitative estimate of drug-likeness (QED) is 0.492. The van der Waals surface area contributed by atoms with Gasteiger partial charge >= 0.3 is 6.09 Å². The smallest absolute Gasteiger partial charge is 0.407 e. The van der Waals surface area contributed by atoms with Crippen LogP contribution in [0.3, 0.4) is 0 Å². The van der Waals surface area contributed by atoms with Crippen LogP contribution in [0.1, 0.15) is 54.8 Å². The summed E-state index contributed by atoms with van der Waals surface area (Å²) in [5.41, 5.74) is 1.70. The molecule has 2 heterocycles. The van der Waals surface area contributed by atoms with Crippen LogP contribution in [-0.4, -0.2) is 44.7 Å². The van der Waals surface area contributed by atoms with Crippen molar-refractivity contribution >= 4 is 12.0 Å². The van der Waals surface area contributed by atoms with Crippen LogP contribution >= 0.6 is 0 Å². The molecule has 3 aromatic rings. The van der Waals surface area contributed by atoms with Gasteiger partial charge in [0.15, 0.2) is 11.5 Å². The van der Waals surface area contributed by atoms with Gasteiger partial charge in [-0.05, 0) is 19.3 Å². The summed E-state index contributed by atoms with van der Waals surface area (Å²) >= 11 is 0. The predicted octanol–water partition coefficient (Wildman–Crippen LogP) is 3.09. The van der Waals surface area contributed by atoms with Crippen molar-refractivity contribution in [1.82, 2.24) is 30.8 Å². The summed E-state index contributed by atoms with van der Waals surface area (Å²) in [5.74, 6) is 0.291. The lowest BCUT2D eigenvalue weighted by molar-refractivity contribution is 0.0878. The normalized spacial score (nSPS) is 17.4. The summed E-state index contributed by atoms with van der Waals surface area (Å²) in [6, 6.07) is 11.3. The van der Waals surface area contributed by atoms with E-state index in [2.05, 4.69) is 33.0 Å². The topological polar surface area (TPSA) is 124 Å². The third-order valence-electron chi connectivity index (χ3n) is 5.33. The molecule has 1 saturated carbocycles. The minimum atomic E-state index is -0.456. The molecule has 2 N–H and O–H groups in total. The molecule has 32 heavy (non-hydrogen) atoms. The molecule has 1 aliphatic rings. The number of carbonyl (C=O) groups excluding carboxylic acids is 2. The monoisotopic (exact) mass is 438 g/mol. The Balaban J connectivity index is 1.21. The second-order valence-electron chi connectivity index (χ2n) is 7.78. The van der Waals surface area contributed by atoms with Gasteiger partial charge in [-0.25, -0.2) is 9.48 Å². The fourth-order valence-electron chi connectivity index (χ4n) is 3.42. The summed E-state index contributed by atoms with van der Waals surface area (Å²) in [5, 5.41) is 17.7. The molecule has 0 spiro atoms. The lowest BCUT2D eigenvalue weighted by atomic mass is 9.87. The molecule has 0 aliphatic heterocycles. The summed E-state index contributed by atoms with van der Waals surface area (Å²) in [6.07, 6.45) is 4.70. The Morgan fingerprint density at radius 3 is 2.84 bits per heavy atom. The molecule has 0 radical (unpaired) electrons. The number of benzene rings is 1. The zero-order valence-corrected chi connectivity index (χ0v) is 17.9. The Labute approximate surface area is 185 Å². The van der Waals surface area contributed by atoms with E-state index in [0.29, 0.717) is 18.0 Å². The number of rotatable bonds is 9. The van der Waals surface area contributed by atoms with E-state index in [0.717, 1.165) is 31.2 Å². The Kier molecular flexibility index (Phi) is 6.78. The molecule has 0 atom stereocenters. The van der Waals surface area contributed by atoms with E-state index < -0.39 is 6.09 Å². The lowest BCUT2D eigenvalue weighted by Crippen LogP contribution is -2.45. The maximum atomic E-state index is 12.5. The number of ether oxygens (including phenoxy) is 1. The second kappa shape index (κ2) is 10.1. The van der Waals surface area contributed by atoms with Crippen molar-refractivity contribution in [3.8, 4) is 11.3 Å². The number of unbranched alkanes of at least 4 members (excludes halogenated alkanes) is 1. The fourth-order valence-corrected chi connectivity index (χ4v) is 3.42. The molecule has 1 aromatic carbocycles. The molecule has 2 amide bonds. The van der Waals surface area contributed by atoms with E-state index in [-0.39, 0.29) is 30.3 Å².